The zero-order valence-corrected chi connectivity index (χ0v) is 12.5. The van der Waals surface area contributed by atoms with Crippen LogP contribution >= 0.6 is 0 Å². The molecule has 1 unspecified atom stereocenters. The molecule has 1 aromatic carbocycles. The number of ketones is 1. The Morgan fingerprint density at radius 3 is 2.73 bits per heavy atom. The molecule has 0 saturated carbocycles. The Morgan fingerprint density at radius 2 is 2.09 bits per heavy atom. The van der Waals surface area contributed by atoms with Crippen molar-refractivity contribution in [2.24, 2.45) is 5.41 Å². The van der Waals surface area contributed by atoms with E-state index in [-0.39, 0.29) is 11.4 Å². The second-order valence-electron chi connectivity index (χ2n) is 6.01. The Hall–Kier alpha value is -2.56. The first-order valence-electron chi connectivity index (χ1n) is 6.90. The van der Waals surface area contributed by atoms with E-state index in [0.717, 1.165) is 0 Å². The zero-order chi connectivity index (χ0) is 16.1. The number of methoxy groups -OCH3 is 1. The number of carboxylic acid groups (broad SMARTS) is 1. The monoisotopic (exact) mass is 300 g/mol. The fourth-order valence-electron chi connectivity index (χ4n) is 2.88. The second-order valence-corrected chi connectivity index (χ2v) is 6.01. The van der Waals surface area contributed by atoms with Crippen LogP contribution < -0.4 is 9.47 Å². The second kappa shape index (κ2) is 4.73. The molecule has 22 heavy (non-hydrogen) atoms. The van der Waals surface area contributed by atoms with Crippen LogP contribution in [-0.4, -0.2) is 30.1 Å². The van der Waals surface area contributed by atoms with E-state index in [1.54, 1.807) is 24.3 Å². The van der Waals surface area contributed by atoms with Gasteiger partial charge >= 0.3 is 5.97 Å². The minimum atomic E-state index is -1.05. The van der Waals surface area contributed by atoms with Gasteiger partial charge in [0.25, 0.3) is 0 Å². The molecule has 1 heterocycles. The van der Waals surface area contributed by atoms with Crippen LogP contribution in [0.1, 0.15) is 24.2 Å². The first-order valence-corrected chi connectivity index (χ1v) is 6.90. The van der Waals surface area contributed by atoms with Crippen molar-refractivity contribution in [3.05, 3.63) is 47.1 Å². The Kier molecular flexibility index (Phi) is 3.09. The van der Waals surface area contributed by atoms with Gasteiger partial charge in [0.2, 0.25) is 0 Å². The van der Waals surface area contributed by atoms with Gasteiger partial charge in [0.1, 0.15) is 17.6 Å². The molecule has 0 aromatic heterocycles. The van der Waals surface area contributed by atoms with E-state index >= 15 is 0 Å². The molecule has 0 spiro atoms. The van der Waals surface area contributed by atoms with Crippen molar-refractivity contribution in [1.29, 1.82) is 0 Å². The first-order chi connectivity index (χ1) is 10.3. The van der Waals surface area contributed by atoms with Gasteiger partial charge in [-0.15, -0.1) is 0 Å². The maximum Gasteiger partial charge on any atom is 0.335 e. The third-order valence-corrected chi connectivity index (χ3v) is 3.98. The zero-order valence-electron chi connectivity index (χ0n) is 12.5. The van der Waals surface area contributed by atoms with E-state index in [4.69, 9.17) is 9.47 Å². The summed E-state index contributed by atoms with van der Waals surface area (Å²) in [5, 5.41) is 9.24. The van der Waals surface area contributed by atoms with Crippen LogP contribution in [0, 0.1) is 5.41 Å². The molecule has 5 heteroatoms. The average molecular weight is 300 g/mol. The molecule has 1 N–H and O–H groups in total. The van der Waals surface area contributed by atoms with E-state index in [1.807, 2.05) is 13.8 Å². The highest BCUT2D eigenvalue weighted by Gasteiger charge is 2.43. The maximum atomic E-state index is 12.8. The molecular formula is C17H16O5. The standard InChI is InChI=1S/C17H16O5/c1-17(2)8-9(16(19)20)6-12-14(18)11-7-10(21-3)4-5-13(11)22-15(12)17/h4-8,15H,1-3H3,(H,19,20). The Morgan fingerprint density at radius 1 is 1.36 bits per heavy atom. The highest BCUT2D eigenvalue weighted by Crippen LogP contribution is 2.43. The largest absolute Gasteiger partial charge is 0.497 e. The Labute approximate surface area is 127 Å². The van der Waals surface area contributed by atoms with Crippen LogP contribution in [0.3, 0.4) is 0 Å². The van der Waals surface area contributed by atoms with Crippen molar-refractivity contribution in [2.75, 3.05) is 7.11 Å². The fourth-order valence-corrected chi connectivity index (χ4v) is 2.88. The van der Waals surface area contributed by atoms with Crippen LogP contribution in [0.5, 0.6) is 11.5 Å². The molecule has 1 aromatic rings. The minimum absolute atomic E-state index is 0.111. The molecule has 0 bridgehead atoms. The summed E-state index contributed by atoms with van der Waals surface area (Å²) >= 11 is 0. The Bertz CT molecular complexity index is 739. The predicted molar refractivity (Wildman–Crippen MR) is 79.3 cm³/mol. The van der Waals surface area contributed by atoms with Crippen molar-refractivity contribution < 1.29 is 24.2 Å². The van der Waals surface area contributed by atoms with Gasteiger partial charge in [-0.05, 0) is 24.3 Å². The smallest absolute Gasteiger partial charge is 0.335 e. The van der Waals surface area contributed by atoms with Crippen molar-refractivity contribution in [1.82, 2.24) is 0 Å². The molecule has 1 aliphatic heterocycles. The number of carboxylic acids is 1. The number of Topliss-reactive ketones (excluding diaryl/α,β-unsaturated/α-hetero) is 1. The van der Waals surface area contributed by atoms with E-state index in [1.165, 1.54) is 13.2 Å². The third kappa shape index (κ3) is 2.09. The van der Waals surface area contributed by atoms with Gasteiger partial charge in [0.05, 0.1) is 18.2 Å². The lowest BCUT2D eigenvalue weighted by molar-refractivity contribution is -0.132. The van der Waals surface area contributed by atoms with Crippen LogP contribution in [0.4, 0.5) is 0 Å². The van der Waals surface area contributed by atoms with Gasteiger partial charge in [-0.3, -0.25) is 4.79 Å². The van der Waals surface area contributed by atoms with Crippen LogP contribution in [0.25, 0.3) is 0 Å². The molecule has 0 radical (unpaired) electrons. The van der Waals surface area contributed by atoms with Crippen LogP contribution in [0.15, 0.2) is 41.5 Å². The van der Waals surface area contributed by atoms with E-state index < -0.39 is 17.5 Å². The summed E-state index contributed by atoms with van der Waals surface area (Å²) in [5.41, 5.74) is 0.278. The molecule has 5 nitrogen and oxygen atoms in total. The van der Waals surface area contributed by atoms with E-state index in [2.05, 4.69) is 0 Å². The van der Waals surface area contributed by atoms with Crippen molar-refractivity contribution in [3.8, 4) is 11.5 Å². The number of ether oxygens (including phenoxy) is 2. The molecule has 0 saturated heterocycles. The SMILES string of the molecule is COc1ccc2c(c1)C(=O)C1=CC(C(=O)O)=CC(C)(C)C1O2. The number of hydrogen-bond acceptors (Lipinski definition) is 4. The van der Waals surface area contributed by atoms with Gasteiger partial charge in [-0.2, -0.15) is 0 Å². The lowest BCUT2D eigenvalue weighted by Gasteiger charge is -2.39. The predicted octanol–water partition coefficient (Wildman–Crippen LogP) is 2.62. The number of carbonyl (C=O) groups is 2. The number of carbonyl (C=O) groups excluding carboxylic acids is 1. The van der Waals surface area contributed by atoms with Crippen molar-refractivity contribution in [3.63, 3.8) is 0 Å². The summed E-state index contributed by atoms with van der Waals surface area (Å²) in [6.07, 6.45) is 2.54. The van der Waals surface area contributed by atoms with E-state index in [9.17, 15) is 14.7 Å². The summed E-state index contributed by atoms with van der Waals surface area (Å²) in [7, 11) is 1.52. The quantitative estimate of drug-likeness (QED) is 0.909. The normalized spacial score (nSPS) is 21.8. The van der Waals surface area contributed by atoms with Gasteiger partial charge in [0.15, 0.2) is 5.78 Å². The van der Waals surface area contributed by atoms with Crippen molar-refractivity contribution in [2.45, 2.75) is 20.0 Å². The number of hydrogen-bond donors (Lipinski definition) is 1. The van der Waals surface area contributed by atoms with Crippen molar-refractivity contribution >= 4 is 11.8 Å². The topological polar surface area (TPSA) is 72.8 Å². The lowest BCUT2D eigenvalue weighted by Crippen LogP contribution is -2.43. The summed E-state index contributed by atoms with van der Waals surface area (Å²) in [4.78, 5) is 24.0. The number of rotatable bonds is 2. The van der Waals surface area contributed by atoms with Crippen LogP contribution in [0.2, 0.25) is 0 Å². The van der Waals surface area contributed by atoms with Gasteiger partial charge in [-0.1, -0.05) is 19.9 Å². The molecule has 2 aliphatic rings. The molecule has 1 atom stereocenters. The highest BCUT2D eigenvalue weighted by molar-refractivity contribution is 6.14. The van der Waals surface area contributed by atoms with E-state index in [0.29, 0.717) is 22.6 Å². The highest BCUT2D eigenvalue weighted by atomic mass is 16.5. The molecule has 1 aliphatic carbocycles. The first kappa shape index (κ1) is 14.4. The number of fused-ring (bicyclic) bond motifs is 2. The summed E-state index contributed by atoms with van der Waals surface area (Å²) in [6.45, 7) is 3.71. The molecular weight excluding hydrogens is 284 g/mol. The average Bonchev–Trinajstić information content (AvgIpc) is 2.47. The summed E-state index contributed by atoms with van der Waals surface area (Å²) in [6, 6.07) is 5.05. The fraction of sp³-hybridized carbons (Fsp3) is 0.294. The Balaban J connectivity index is 2.14. The van der Waals surface area contributed by atoms with Gasteiger partial charge in [0, 0.05) is 11.0 Å². The molecule has 0 fully saturated rings. The van der Waals surface area contributed by atoms with Gasteiger partial charge in [-0.25, -0.2) is 4.79 Å². The molecule has 114 valence electrons. The number of aliphatic carboxylic acids is 1. The molecule has 0 amide bonds. The number of benzene rings is 1. The summed E-state index contributed by atoms with van der Waals surface area (Å²) in [5.74, 6) is -0.222. The minimum Gasteiger partial charge on any atom is -0.497 e. The molecule has 3 rings (SSSR count). The maximum absolute atomic E-state index is 12.8. The lowest BCUT2D eigenvalue weighted by atomic mass is 9.73. The van der Waals surface area contributed by atoms with Crippen LogP contribution in [-0.2, 0) is 4.79 Å². The summed E-state index contributed by atoms with van der Waals surface area (Å²) < 4.78 is 11.1. The van der Waals surface area contributed by atoms with Gasteiger partial charge < -0.3 is 14.6 Å². The third-order valence-electron chi connectivity index (χ3n) is 3.98.